The van der Waals surface area contributed by atoms with Crippen molar-refractivity contribution in [2.24, 2.45) is 0 Å². The van der Waals surface area contributed by atoms with Gasteiger partial charge in [-0.05, 0) is 35.4 Å². The summed E-state index contributed by atoms with van der Waals surface area (Å²) in [6, 6.07) is 7.82. The van der Waals surface area contributed by atoms with E-state index in [0.29, 0.717) is 111 Å². The van der Waals surface area contributed by atoms with Crippen LogP contribution in [0.4, 0.5) is 5.69 Å². The van der Waals surface area contributed by atoms with Crippen molar-refractivity contribution < 1.29 is 52.4 Å². The SMILES string of the molecule is COCCOCCN(CCOCCOC)c1ccc(C2C(=O)C(=C3C=CC(=[N+](CCOCCOC)CCOCCOC)C=C3)C2O)cc1. The molecule has 0 amide bonds. The van der Waals surface area contributed by atoms with E-state index >= 15 is 0 Å². The molecule has 2 aliphatic rings. The van der Waals surface area contributed by atoms with Gasteiger partial charge in [-0.3, -0.25) is 4.79 Å². The number of Topliss-reactive ketones (excluding diaryl/α,β-unsaturated/α-hetero) is 1. The number of hydrogen-bond donors (Lipinski definition) is 1. The van der Waals surface area contributed by atoms with Crippen LogP contribution in [0.1, 0.15) is 11.5 Å². The highest BCUT2D eigenvalue weighted by Gasteiger charge is 2.46. The van der Waals surface area contributed by atoms with Gasteiger partial charge in [0.05, 0.1) is 78.1 Å². The summed E-state index contributed by atoms with van der Waals surface area (Å²) in [6.45, 7) is 9.17. The van der Waals surface area contributed by atoms with Crippen LogP contribution in [0.15, 0.2) is 59.7 Å². The number of aliphatic hydroxyl groups is 1. The largest absolute Gasteiger partial charge is 0.387 e. The molecule has 1 aromatic carbocycles. The lowest BCUT2D eigenvalue weighted by Crippen LogP contribution is -2.43. The van der Waals surface area contributed by atoms with Gasteiger partial charge in [0.25, 0.3) is 0 Å². The highest BCUT2D eigenvalue weighted by Crippen LogP contribution is 2.41. The summed E-state index contributed by atoms with van der Waals surface area (Å²) in [5.74, 6) is -0.658. The van der Waals surface area contributed by atoms with Crippen LogP contribution in [0.5, 0.6) is 0 Å². The first-order chi connectivity index (χ1) is 23.5. The molecule has 1 N–H and O–H groups in total. The molecule has 1 fully saturated rings. The third kappa shape index (κ3) is 12.9. The van der Waals surface area contributed by atoms with Crippen LogP contribution in [0.3, 0.4) is 0 Å². The molecule has 0 heterocycles. The van der Waals surface area contributed by atoms with E-state index in [4.69, 9.17) is 37.9 Å². The average molecular weight is 676 g/mol. The highest BCUT2D eigenvalue weighted by molar-refractivity contribution is 6.12. The van der Waals surface area contributed by atoms with E-state index in [0.717, 1.165) is 22.5 Å². The van der Waals surface area contributed by atoms with E-state index in [1.165, 1.54) is 0 Å². The van der Waals surface area contributed by atoms with Gasteiger partial charge >= 0.3 is 0 Å². The lowest BCUT2D eigenvalue weighted by molar-refractivity contribution is -0.532. The first-order valence-corrected chi connectivity index (χ1v) is 16.6. The molecule has 2 atom stereocenters. The second kappa shape index (κ2) is 23.6. The summed E-state index contributed by atoms with van der Waals surface area (Å²) in [5, 5.41) is 11.2. The number of allylic oxidation sites excluding steroid dienone is 5. The normalized spacial score (nSPS) is 17.4. The van der Waals surface area contributed by atoms with Crippen LogP contribution >= 0.6 is 0 Å². The lowest BCUT2D eigenvalue weighted by atomic mass is 9.69. The number of anilines is 1. The summed E-state index contributed by atoms with van der Waals surface area (Å²) in [6.07, 6.45) is 6.87. The zero-order chi connectivity index (χ0) is 34.4. The first kappa shape index (κ1) is 39.7. The third-order valence-corrected chi connectivity index (χ3v) is 8.07. The third-order valence-electron chi connectivity index (χ3n) is 8.07. The molecule has 12 heteroatoms. The Morgan fingerprint density at radius 1 is 0.625 bits per heavy atom. The van der Waals surface area contributed by atoms with E-state index in [-0.39, 0.29) is 5.78 Å². The maximum Gasteiger partial charge on any atom is 0.200 e. The summed E-state index contributed by atoms with van der Waals surface area (Å²) in [7, 11) is 6.60. The summed E-state index contributed by atoms with van der Waals surface area (Å²) in [4.78, 5) is 15.6. The molecule has 12 nitrogen and oxygen atoms in total. The first-order valence-electron chi connectivity index (χ1n) is 16.6. The van der Waals surface area contributed by atoms with Crippen molar-refractivity contribution in [1.29, 1.82) is 0 Å². The minimum atomic E-state index is -0.881. The molecule has 3 rings (SSSR count). The molecule has 0 aromatic heterocycles. The fourth-order valence-corrected chi connectivity index (χ4v) is 5.33. The van der Waals surface area contributed by atoms with Gasteiger partial charge in [0.2, 0.25) is 0 Å². The van der Waals surface area contributed by atoms with Gasteiger partial charge < -0.3 is 47.9 Å². The Morgan fingerprint density at radius 3 is 1.52 bits per heavy atom. The van der Waals surface area contributed by atoms with Crippen LogP contribution in [-0.2, 0) is 42.7 Å². The minimum Gasteiger partial charge on any atom is -0.387 e. The molecule has 268 valence electrons. The Hall–Kier alpha value is -2.78. The predicted octanol–water partition coefficient (Wildman–Crippen LogP) is 2.05. The van der Waals surface area contributed by atoms with Crippen molar-refractivity contribution in [3.05, 3.63) is 65.3 Å². The van der Waals surface area contributed by atoms with Crippen molar-refractivity contribution in [3.63, 3.8) is 0 Å². The van der Waals surface area contributed by atoms with E-state index in [2.05, 4.69) is 9.48 Å². The molecule has 0 bridgehead atoms. The van der Waals surface area contributed by atoms with Crippen LogP contribution < -0.4 is 4.90 Å². The smallest absolute Gasteiger partial charge is 0.200 e. The molecule has 0 radical (unpaired) electrons. The van der Waals surface area contributed by atoms with Crippen molar-refractivity contribution in [3.8, 4) is 0 Å². The second-order valence-corrected chi connectivity index (χ2v) is 11.2. The Bertz CT molecular complexity index is 1150. The Balaban J connectivity index is 1.65. The zero-order valence-electron chi connectivity index (χ0n) is 29.1. The number of carbonyl (C=O) groups excluding carboxylic acids is 1. The van der Waals surface area contributed by atoms with Crippen LogP contribution in [0.25, 0.3) is 0 Å². The topological polar surface area (TPSA) is 117 Å². The number of rotatable bonds is 26. The molecule has 1 aromatic rings. The Kier molecular flexibility index (Phi) is 19.5. The second-order valence-electron chi connectivity index (χ2n) is 11.2. The molecule has 2 unspecified atom stereocenters. The van der Waals surface area contributed by atoms with Crippen molar-refractivity contribution in [2.75, 3.05) is 139 Å². The van der Waals surface area contributed by atoms with E-state index < -0.39 is 12.0 Å². The Morgan fingerprint density at radius 2 is 1.08 bits per heavy atom. The fourth-order valence-electron chi connectivity index (χ4n) is 5.33. The fraction of sp³-hybridized carbons (Fsp3) is 0.611. The van der Waals surface area contributed by atoms with Gasteiger partial charge in [0.1, 0.15) is 13.2 Å². The lowest BCUT2D eigenvalue weighted by Gasteiger charge is -2.36. The molecule has 0 saturated heterocycles. The number of ether oxygens (including phenoxy) is 8. The molecular weight excluding hydrogens is 620 g/mol. The quantitative estimate of drug-likeness (QED) is 0.0884. The van der Waals surface area contributed by atoms with Gasteiger partial charge in [0, 0.05) is 64.9 Å². The monoisotopic (exact) mass is 675 g/mol. The Labute approximate surface area is 285 Å². The van der Waals surface area contributed by atoms with E-state index in [9.17, 15) is 9.90 Å². The standard InChI is InChI=1S/C36H55N2O10/c1-41-21-25-45-17-13-37(14-18-46-26-22-42-2)31-9-5-29(6-10-31)33-35(39)34(36(33)40)30-7-11-32(12-8-30)38(15-19-47-27-23-43-3)16-20-48-28-24-44-4/h5-12,33,35,39H,13-28H2,1-4H3/q+1. The van der Waals surface area contributed by atoms with Crippen LogP contribution in [-0.4, -0.2) is 161 Å². The number of carbonyl (C=O) groups is 1. The van der Waals surface area contributed by atoms with Crippen LogP contribution in [0, 0.1) is 0 Å². The van der Waals surface area contributed by atoms with Crippen LogP contribution in [0.2, 0.25) is 0 Å². The summed E-state index contributed by atoms with van der Waals surface area (Å²) >= 11 is 0. The van der Waals surface area contributed by atoms with Gasteiger partial charge in [-0.15, -0.1) is 0 Å². The highest BCUT2D eigenvalue weighted by atomic mass is 16.5. The van der Waals surface area contributed by atoms with E-state index in [1.807, 2.05) is 48.6 Å². The van der Waals surface area contributed by atoms with Crippen molar-refractivity contribution in [1.82, 2.24) is 0 Å². The van der Waals surface area contributed by atoms with E-state index in [1.54, 1.807) is 28.4 Å². The zero-order valence-corrected chi connectivity index (χ0v) is 29.1. The van der Waals surface area contributed by atoms with Crippen molar-refractivity contribution >= 4 is 17.2 Å². The molecule has 0 aliphatic heterocycles. The number of benzene rings is 1. The van der Waals surface area contributed by atoms with Crippen molar-refractivity contribution in [2.45, 2.75) is 12.0 Å². The van der Waals surface area contributed by atoms with Gasteiger partial charge in [-0.1, -0.05) is 12.1 Å². The van der Waals surface area contributed by atoms with Gasteiger partial charge in [-0.2, -0.15) is 0 Å². The summed E-state index contributed by atoms with van der Waals surface area (Å²) < 4.78 is 45.2. The number of methoxy groups -OCH3 is 4. The van der Waals surface area contributed by atoms with Gasteiger partial charge in [0.15, 0.2) is 24.6 Å². The average Bonchev–Trinajstić information content (AvgIpc) is 3.10. The maximum absolute atomic E-state index is 13.4. The number of nitrogens with zero attached hydrogens (tertiary/aromatic N) is 2. The van der Waals surface area contributed by atoms with Gasteiger partial charge in [-0.25, -0.2) is 4.58 Å². The summed E-state index contributed by atoms with van der Waals surface area (Å²) in [5.41, 5.74) is 3.93. The minimum absolute atomic E-state index is 0.0621. The number of ketones is 1. The maximum atomic E-state index is 13.4. The molecule has 0 spiro atoms. The number of aliphatic hydroxyl groups excluding tert-OH is 1. The predicted molar refractivity (Wildman–Crippen MR) is 183 cm³/mol. The molecule has 1 saturated carbocycles. The molecule has 2 aliphatic carbocycles. The molecular formula is C36H55N2O10+. The molecule has 48 heavy (non-hydrogen) atoms. The number of hydrogen-bond acceptors (Lipinski definition) is 11.